The van der Waals surface area contributed by atoms with E-state index in [9.17, 15) is 9.59 Å². The van der Waals surface area contributed by atoms with Gasteiger partial charge in [0, 0.05) is 17.2 Å². The lowest BCUT2D eigenvalue weighted by Crippen LogP contribution is -2.33. The Balaban J connectivity index is 2.47. The van der Waals surface area contributed by atoms with E-state index >= 15 is 0 Å². The lowest BCUT2D eigenvalue weighted by molar-refractivity contribution is -0.140. The molecule has 0 aromatic heterocycles. The number of carboxylic acids is 1. The van der Waals surface area contributed by atoms with Crippen molar-refractivity contribution in [1.82, 2.24) is 0 Å². The Hall–Kier alpha value is -1.49. The maximum Gasteiger partial charge on any atom is 0.307 e. The average molecular weight is 295 g/mol. The molecular formula is C15H21NO3S. The molecule has 0 spiro atoms. The molecule has 1 amide bonds. The van der Waals surface area contributed by atoms with E-state index in [1.54, 1.807) is 6.92 Å². The zero-order valence-electron chi connectivity index (χ0n) is 12.1. The maximum atomic E-state index is 12.2. The largest absolute Gasteiger partial charge is 0.481 e. The Labute approximate surface area is 124 Å². The topological polar surface area (TPSA) is 66.4 Å². The fourth-order valence-electron chi connectivity index (χ4n) is 1.45. The van der Waals surface area contributed by atoms with E-state index in [4.69, 9.17) is 5.11 Å². The van der Waals surface area contributed by atoms with Crippen molar-refractivity contribution in [1.29, 1.82) is 0 Å². The van der Waals surface area contributed by atoms with Gasteiger partial charge < -0.3 is 10.4 Å². The standard InChI is InChI=1S/C15H21NO3S/c1-11(13(17)18)9-20-10-15(2,3)14(19)16-12-7-5-4-6-8-12/h4-8,11H,9-10H2,1-3H3,(H,16,19)(H,17,18). The normalized spacial score (nSPS) is 12.8. The van der Waals surface area contributed by atoms with E-state index in [1.807, 2.05) is 44.2 Å². The van der Waals surface area contributed by atoms with E-state index in [2.05, 4.69) is 5.32 Å². The van der Waals surface area contributed by atoms with Crippen LogP contribution in [0, 0.1) is 11.3 Å². The molecular weight excluding hydrogens is 274 g/mol. The number of carbonyl (C=O) groups excluding carboxylic acids is 1. The highest BCUT2D eigenvalue weighted by Crippen LogP contribution is 2.25. The van der Waals surface area contributed by atoms with Crippen LogP contribution in [0.1, 0.15) is 20.8 Å². The van der Waals surface area contributed by atoms with Gasteiger partial charge in [0.1, 0.15) is 0 Å². The fourth-order valence-corrected chi connectivity index (χ4v) is 2.70. The van der Waals surface area contributed by atoms with E-state index in [0.717, 1.165) is 5.69 Å². The van der Waals surface area contributed by atoms with Gasteiger partial charge in [-0.05, 0) is 12.1 Å². The number of benzene rings is 1. The molecule has 20 heavy (non-hydrogen) atoms. The van der Waals surface area contributed by atoms with Gasteiger partial charge in [-0.15, -0.1) is 0 Å². The second-order valence-electron chi connectivity index (χ2n) is 5.46. The summed E-state index contributed by atoms with van der Waals surface area (Å²) in [5.74, 6) is -0.156. The molecule has 0 aliphatic rings. The van der Waals surface area contributed by atoms with Crippen LogP contribution in [0.25, 0.3) is 0 Å². The first kappa shape index (κ1) is 16.6. The highest BCUT2D eigenvalue weighted by Gasteiger charge is 2.28. The molecule has 0 bridgehead atoms. The van der Waals surface area contributed by atoms with Gasteiger partial charge in [-0.1, -0.05) is 39.0 Å². The number of carboxylic acid groups (broad SMARTS) is 1. The summed E-state index contributed by atoms with van der Waals surface area (Å²) in [6, 6.07) is 9.31. The molecule has 0 saturated carbocycles. The molecule has 0 heterocycles. The Morgan fingerprint density at radius 3 is 2.45 bits per heavy atom. The smallest absolute Gasteiger partial charge is 0.307 e. The Kier molecular flexibility index (Phi) is 6.07. The first-order valence-electron chi connectivity index (χ1n) is 6.50. The number of hydrogen-bond acceptors (Lipinski definition) is 3. The summed E-state index contributed by atoms with van der Waals surface area (Å²) >= 11 is 1.49. The molecule has 1 aromatic carbocycles. The monoisotopic (exact) mass is 295 g/mol. The first-order valence-corrected chi connectivity index (χ1v) is 7.65. The van der Waals surface area contributed by atoms with Crippen LogP contribution in [0.3, 0.4) is 0 Å². The van der Waals surface area contributed by atoms with Crippen LogP contribution in [0.4, 0.5) is 5.69 Å². The van der Waals surface area contributed by atoms with Crippen LogP contribution in [0.2, 0.25) is 0 Å². The van der Waals surface area contributed by atoms with Crippen molar-refractivity contribution < 1.29 is 14.7 Å². The zero-order valence-corrected chi connectivity index (χ0v) is 12.9. The Morgan fingerprint density at radius 2 is 1.90 bits per heavy atom. The summed E-state index contributed by atoms with van der Waals surface area (Å²) in [6.07, 6.45) is 0. The van der Waals surface area contributed by atoms with E-state index in [1.165, 1.54) is 11.8 Å². The summed E-state index contributed by atoms with van der Waals surface area (Å²) < 4.78 is 0. The van der Waals surface area contributed by atoms with Crippen molar-refractivity contribution in [3.8, 4) is 0 Å². The van der Waals surface area contributed by atoms with Crippen molar-refractivity contribution in [3.05, 3.63) is 30.3 Å². The number of nitrogens with one attached hydrogen (secondary N) is 1. The third kappa shape index (κ3) is 5.25. The molecule has 0 fully saturated rings. The molecule has 110 valence electrons. The second-order valence-corrected chi connectivity index (χ2v) is 6.49. The minimum atomic E-state index is -0.802. The van der Waals surface area contributed by atoms with E-state index in [-0.39, 0.29) is 5.91 Å². The molecule has 1 aromatic rings. The average Bonchev–Trinajstić information content (AvgIpc) is 2.39. The number of thioether (sulfide) groups is 1. The van der Waals surface area contributed by atoms with Gasteiger partial charge in [0.15, 0.2) is 0 Å². The molecule has 4 nitrogen and oxygen atoms in total. The van der Waals surface area contributed by atoms with Crippen molar-refractivity contribution in [2.24, 2.45) is 11.3 Å². The summed E-state index contributed by atoms with van der Waals surface area (Å²) in [4.78, 5) is 22.9. The summed E-state index contributed by atoms with van der Waals surface area (Å²) in [7, 11) is 0. The molecule has 0 aliphatic heterocycles. The predicted molar refractivity (Wildman–Crippen MR) is 83.0 cm³/mol. The van der Waals surface area contributed by atoms with E-state index in [0.29, 0.717) is 11.5 Å². The van der Waals surface area contributed by atoms with Crippen molar-refractivity contribution in [2.75, 3.05) is 16.8 Å². The SMILES string of the molecule is CC(CSCC(C)(C)C(=O)Nc1ccccc1)C(=O)O. The number of hydrogen-bond donors (Lipinski definition) is 2. The maximum absolute atomic E-state index is 12.2. The Morgan fingerprint density at radius 1 is 1.30 bits per heavy atom. The molecule has 0 saturated heterocycles. The van der Waals surface area contributed by atoms with Gasteiger partial charge in [-0.2, -0.15) is 11.8 Å². The van der Waals surface area contributed by atoms with Crippen molar-refractivity contribution >= 4 is 29.3 Å². The predicted octanol–water partition coefficient (Wildman–Crippen LogP) is 3.11. The zero-order chi connectivity index (χ0) is 15.2. The molecule has 0 aliphatic carbocycles. The van der Waals surface area contributed by atoms with Gasteiger partial charge in [-0.25, -0.2) is 0 Å². The number of rotatable bonds is 7. The van der Waals surface area contributed by atoms with Crippen molar-refractivity contribution in [3.63, 3.8) is 0 Å². The lowest BCUT2D eigenvalue weighted by Gasteiger charge is -2.23. The minimum Gasteiger partial charge on any atom is -0.481 e. The molecule has 1 atom stereocenters. The minimum absolute atomic E-state index is 0.0563. The third-order valence-corrected chi connectivity index (χ3v) is 4.56. The van der Waals surface area contributed by atoms with Crippen LogP contribution in [0.15, 0.2) is 30.3 Å². The molecule has 2 N–H and O–H groups in total. The third-order valence-electron chi connectivity index (χ3n) is 2.90. The second kappa shape index (κ2) is 7.33. The quantitative estimate of drug-likeness (QED) is 0.811. The first-order chi connectivity index (χ1) is 9.33. The van der Waals surface area contributed by atoms with Gasteiger partial charge in [0.05, 0.1) is 11.3 Å². The van der Waals surface area contributed by atoms with E-state index < -0.39 is 17.3 Å². The number of anilines is 1. The van der Waals surface area contributed by atoms with Crippen LogP contribution in [-0.2, 0) is 9.59 Å². The lowest BCUT2D eigenvalue weighted by atomic mass is 9.95. The molecule has 1 unspecified atom stereocenters. The molecule has 0 radical (unpaired) electrons. The van der Waals surface area contributed by atoms with Gasteiger partial charge in [0.25, 0.3) is 0 Å². The molecule has 1 rings (SSSR count). The summed E-state index contributed by atoms with van der Waals surface area (Å²) in [5.41, 5.74) is 0.230. The number of aliphatic carboxylic acids is 1. The van der Waals surface area contributed by atoms with Gasteiger partial charge in [-0.3, -0.25) is 9.59 Å². The summed E-state index contributed by atoms with van der Waals surface area (Å²) in [6.45, 7) is 5.40. The van der Waals surface area contributed by atoms with Crippen LogP contribution >= 0.6 is 11.8 Å². The van der Waals surface area contributed by atoms with Crippen LogP contribution < -0.4 is 5.32 Å². The highest BCUT2D eigenvalue weighted by atomic mass is 32.2. The number of carbonyl (C=O) groups is 2. The highest BCUT2D eigenvalue weighted by molar-refractivity contribution is 7.99. The van der Waals surface area contributed by atoms with Gasteiger partial charge in [0.2, 0.25) is 5.91 Å². The molecule has 5 heteroatoms. The van der Waals surface area contributed by atoms with Crippen LogP contribution in [-0.4, -0.2) is 28.5 Å². The summed E-state index contributed by atoms with van der Waals surface area (Å²) in [5, 5.41) is 11.7. The van der Waals surface area contributed by atoms with Crippen LogP contribution in [0.5, 0.6) is 0 Å². The Bertz CT molecular complexity index is 459. The number of amides is 1. The van der Waals surface area contributed by atoms with Gasteiger partial charge >= 0.3 is 5.97 Å². The number of para-hydroxylation sites is 1. The fraction of sp³-hybridized carbons (Fsp3) is 0.467. The van der Waals surface area contributed by atoms with Crippen molar-refractivity contribution in [2.45, 2.75) is 20.8 Å².